The third kappa shape index (κ3) is 11.9. The van der Waals surface area contributed by atoms with Gasteiger partial charge in [0.05, 0.1) is 5.92 Å². The summed E-state index contributed by atoms with van der Waals surface area (Å²) in [6, 6.07) is 32.7. The minimum atomic E-state index is -0.782. The number of hydrogen-bond donors (Lipinski definition) is 2. The summed E-state index contributed by atoms with van der Waals surface area (Å²) in [4.78, 5) is 57.0. The molecule has 2 N–H and O–H groups in total. The summed E-state index contributed by atoms with van der Waals surface area (Å²) in [5.74, 6) is -2.24. The molecule has 8 heteroatoms. The highest BCUT2D eigenvalue weighted by Gasteiger charge is 2.37. The lowest BCUT2D eigenvalue weighted by atomic mass is 9.80. The van der Waals surface area contributed by atoms with Crippen LogP contribution in [0.3, 0.4) is 0 Å². The van der Waals surface area contributed by atoms with Crippen LogP contribution in [-0.2, 0) is 38.4 Å². The second-order valence-corrected chi connectivity index (χ2v) is 15.5. The fourth-order valence-electron chi connectivity index (χ4n) is 6.48. The number of amides is 3. The number of allylic oxidation sites excluding steroid dienone is 1. The number of hydrogen-bond acceptors (Lipinski definition) is 5. The largest absolute Gasteiger partial charge is 0.444 e. The number of fused-ring (bicyclic) bond motifs is 1. The molecule has 8 nitrogen and oxygen atoms in total. The number of ketones is 1. The van der Waals surface area contributed by atoms with Crippen molar-refractivity contribution >= 4 is 34.5 Å². The molecule has 0 aliphatic heterocycles. The molecule has 0 saturated heterocycles. The molecular weight excluding hydrogens is 663 g/mol. The van der Waals surface area contributed by atoms with Crippen LogP contribution in [0.25, 0.3) is 10.8 Å². The van der Waals surface area contributed by atoms with Crippen LogP contribution in [0.4, 0.5) is 4.79 Å². The van der Waals surface area contributed by atoms with Gasteiger partial charge in [-0.3, -0.25) is 14.4 Å². The van der Waals surface area contributed by atoms with Crippen molar-refractivity contribution < 1.29 is 23.9 Å². The van der Waals surface area contributed by atoms with Crippen LogP contribution in [0, 0.1) is 11.8 Å². The summed E-state index contributed by atoms with van der Waals surface area (Å²) < 4.78 is 5.50. The average molecular weight is 718 g/mol. The molecule has 53 heavy (non-hydrogen) atoms. The SMILES string of the molecule is CNC(=O)[C@@H](Cc1ccccc1)N(C)C(=O)[C@@H](Cc1ccc2ccccc2c1)C(C)C(=O)/C(=C/CC(C)(C)NC(=O)OC(C)(C)C)Cc1ccccc1. The fraction of sp³-hybridized carbons (Fsp3) is 0.378. The summed E-state index contributed by atoms with van der Waals surface area (Å²) in [6.45, 7) is 11.0. The van der Waals surface area contributed by atoms with Crippen LogP contribution in [-0.4, -0.2) is 59.9 Å². The van der Waals surface area contributed by atoms with Crippen LogP contribution in [0.1, 0.15) is 64.7 Å². The Kier molecular flexibility index (Phi) is 13.8. The summed E-state index contributed by atoms with van der Waals surface area (Å²) in [5.41, 5.74) is 1.96. The van der Waals surface area contributed by atoms with E-state index in [1.807, 2.05) is 145 Å². The molecule has 0 aliphatic rings. The van der Waals surface area contributed by atoms with E-state index in [-0.39, 0.29) is 17.6 Å². The normalized spacial score (nSPS) is 13.8. The van der Waals surface area contributed by atoms with Crippen LogP contribution >= 0.6 is 0 Å². The van der Waals surface area contributed by atoms with E-state index in [0.717, 1.165) is 27.5 Å². The number of nitrogens with one attached hydrogen (secondary N) is 2. The predicted octanol–water partition coefficient (Wildman–Crippen LogP) is 7.88. The maximum absolute atomic E-state index is 14.8. The molecule has 0 saturated carbocycles. The van der Waals surface area contributed by atoms with Crippen LogP contribution in [0.2, 0.25) is 0 Å². The number of carbonyl (C=O) groups is 4. The van der Waals surface area contributed by atoms with Crippen molar-refractivity contribution in [1.29, 1.82) is 0 Å². The van der Waals surface area contributed by atoms with E-state index in [1.54, 1.807) is 14.1 Å². The Hall–Kier alpha value is -5.24. The number of ether oxygens (including phenoxy) is 1. The van der Waals surface area contributed by atoms with Crippen LogP contribution < -0.4 is 10.6 Å². The van der Waals surface area contributed by atoms with Crippen molar-refractivity contribution in [3.8, 4) is 0 Å². The topological polar surface area (TPSA) is 105 Å². The van der Waals surface area contributed by atoms with Gasteiger partial charge < -0.3 is 20.3 Å². The van der Waals surface area contributed by atoms with Crippen molar-refractivity contribution in [2.75, 3.05) is 14.1 Å². The number of likely N-dealkylation sites (N-methyl/N-ethyl adjacent to an activating group) is 2. The number of nitrogens with zero attached hydrogens (tertiary/aromatic N) is 1. The molecule has 4 aromatic rings. The van der Waals surface area contributed by atoms with E-state index in [9.17, 15) is 19.2 Å². The third-order valence-electron chi connectivity index (χ3n) is 9.49. The van der Waals surface area contributed by atoms with E-state index in [1.165, 1.54) is 4.90 Å². The van der Waals surface area contributed by atoms with E-state index in [0.29, 0.717) is 31.3 Å². The van der Waals surface area contributed by atoms with Gasteiger partial charge in [-0.2, -0.15) is 0 Å². The molecule has 1 unspecified atom stereocenters. The third-order valence-corrected chi connectivity index (χ3v) is 9.49. The summed E-state index contributed by atoms with van der Waals surface area (Å²) in [6.07, 6.45) is 2.68. The quantitative estimate of drug-likeness (QED) is 0.122. The van der Waals surface area contributed by atoms with Gasteiger partial charge in [0, 0.05) is 38.4 Å². The lowest BCUT2D eigenvalue weighted by molar-refractivity contribution is -0.144. The molecule has 3 amide bonds. The lowest BCUT2D eigenvalue weighted by Crippen LogP contribution is -2.51. The Balaban J connectivity index is 1.72. The van der Waals surface area contributed by atoms with Crippen LogP contribution in [0.5, 0.6) is 0 Å². The van der Waals surface area contributed by atoms with Crippen molar-refractivity contribution in [1.82, 2.24) is 15.5 Å². The number of benzene rings is 4. The smallest absolute Gasteiger partial charge is 0.408 e. The summed E-state index contributed by atoms with van der Waals surface area (Å²) in [7, 11) is 3.22. The van der Waals surface area contributed by atoms with Crippen molar-refractivity contribution in [3.05, 3.63) is 131 Å². The fourth-order valence-corrected chi connectivity index (χ4v) is 6.48. The monoisotopic (exact) mass is 717 g/mol. The Morgan fingerprint density at radius 2 is 1.34 bits per heavy atom. The first-order chi connectivity index (χ1) is 25.1. The van der Waals surface area contributed by atoms with Crippen LogP contribution in [0.15, 0.2) is 115 Å². The second-order valence-electron chi connectivity index (χ2n) is 15.5. The number of carbonyl (C=O) groups excluding carboxylic acids is 4. The number of alkyl carbamates (subject to hydrolysis) is 1. The Labute approximate surface area is 315 Å². The average Bonchev–Trinajstić information content (AvgIpc) is 3.12. The minimum Gasteiger partial charge on any atom is -0.444 e. The molecule has 3 atom stereocenters. The van der Waals surface area contributed by atoms with E-state index in [2.05, 4.69) is 16.7 Å². The molecule has 0 heterocycles. The molecule has 4 aromatic carbocycles. The molecular formula is C45H55N3O5. The van der Waals surface area contributed by atoms with Crippen molar-refractivity contribution in [2.45, 2.75) is 84.4 Å². The molecule has 280 valence electrons. The molecule has 0 bridgehead atoms. The van der Waals surface area contributed by atoms with Gasteiger partial charge in [-0.1, -0.05) is 116 Å². The molecule has 0 radical (unpaired) electrons. The van der Waals surface area contributed by atoms with Gasteiger partial charge in [0.25, 0.3) is 0 Å². The molecule has 4 rings (SSSR count). The van der Waals surface area contributed by atoms with Gasteiger partial charge in [0.15, 0.2) is 5.78 Å². The summed E-state index contributed by atoms with van der Waals surface area (Å²) >= 11 is 0. The minimum absolute atomic E-state index is 0.158. The molecule has 0 aromatic heterocycles. The molecule has 0 fully saturated rings. The Morgan fingerprint density at radius 1 is 0.755 bits per heavy atom. The maximum atomic E-state index is 14.8. The van der Waals surface area contributed by atoms with E-state index in [4.69, 9.17) is 4.74 Å². The van der Waals surface area contributed by atoms with Gasteiger partial charge in [-0.25, -0.2) is 4.79 Å². The van der Waals surface area contributed by atoms with E-state index >= 15 is 0 Å². The highest BCUT2D eigenvalue weighted by atomic mass is 16.6. The van der Waals surface area contributed by atoms with Gasteiger partial charge >= 0.3 is 6.09 Å². The Morgan fingerprint density at radius 3 is 1.94 bits per heavy atom. The zero-order valence-electron chi connectivity index (χ0n) is 32.4. The van der Waals surface area contributed by atoms with Gasteiger partial charge in [0.2, 0.25) is 11.8 Å². The first kappa shape index (κ1) is 40.5. The molecule has 0 spiro atoms. The first-order valence-electron chi connectivity index (χ1n) is 18.3. The zero-order valence-corrected chi connectivity index (χ0v) is 32.4. The maximum Gasteiger partial charge on any atom is 0.408 e. The number of Topliss-reactive ketones (excluding diaryl/α,β-unsaturated/α-hetero) is 1. The lowest BCUT2D eigenvalue weighted by Gasteiger charge is -2.33. The Bertz CT molecular complexity index is 1900. The predicted molar refractivity (Wildman–Crippen MR) is 212 cm³/mol. The first-order valence-corrected chi connectivity index (χ1v) is 18.3. The highest BCUT2D eigenvalue weighted by molar-refractivity contribution is 6.00. The van der Waals surface area contributed by atoms with Crippen molar-refractivity contribution in [2.24, 2.45) is 11.8 Å². The van der Waals surface area contributed by atoms with Gasteiger partial charge in [-0.15, -0.1) is 0 Å². The van der Waals surface area contributed by atoms with Gasteiger partial charge in [-0.05, 0) is 80.5 Å². The standard InChI is InChI=1S/C45H55N3O5/c1-31(40(49)37(27-32-17-11-9-12-18-32)25-26-45(5,6)47-43(52)53-44(2,3)4)38(29-34-23-24-35-21-15-16-22-36(35)28-34)42(51)48(8)39(41(50)46-7)30-33-19-13-10-14-20-33/h9-25,28,31,38-39H,26-27,29-30H2,1-8H3,(H,46,50)(H,47,52)/b37-25+/t31?,38-,39+/m0/s1. The molecule has 0 aliphatic carbocycles. The van der Waals surface area contributed by atoms with Gasteiger partial charge in [0.1, 0.15) is 11.6 Å². The zero-order chi connectivity index (χ0) is 38.8. The van der Waals surface area contributed by atoms with Crippen molar-refractivity contribution in [3.63, 3.8) is 0 Å². The highest BCUT2D eigenvalue weighted by Crippen LogP contribution is 2.29. The second kappa shape index (κ2) is 18.0. The summed E-state index contributed by atoms with van der Waals surface area (Å²) in [5, 5.41) is 7.80. The van der Waals surface area contributed by atoms with E-state index < -0.39 is 35.1 Å². The number of rotatable bonds is 15.